The molecule has 122 valence electrons. The number of nitrogens with zero attached hydrogens (tertiary/aromatic N) is 3. The van der Waals surface area contributed by atoms with E-state index in [1.165, 1.54) is 0 Å². The Morgan fingerprint density at radius 1 is 1.52 bits per heavy atom. The number of hydrogen-bond donors (Lipinski definition) is 1. The van der Waals surface area contributed by atoms with Crippen molar-refractivity contribution in [2.45, 2.75) is 44.8 Å². The van der Waals surface area contributed by atoms with Crippen molar-refractivity contribution in [2.75, 3.05) is 6.61 Å². The van der Waals surface area contributed by atoms with E-state index in [1.807, 2.05) is 19.1 Å². The van der Waals surface area contributed by atoms with Gasteiger partial charge >= 0.3 is 0 Å². The maximum Gasteiger partial charge on any atom is 0.227 e. The molecule has 1 aliphatic rings. The minimum Gasteiger partial charge on any atom is -0.376 e. The Labute approximate surface area is 134 Å². The molecule has 23 heavy (non-hydrogen) atoms. The van der Waals surface area contributed by atoms with Gasteiger partial charge in [0.1, 0.15) is 0 Å². The van der Waals surface area contributed by atoms with Crippen LogP contribution in [-0.4, -0.2) is 39.8 Å². The lowest BCUT2D eigenvalue weighted by atomic mass is 10.1. The number of aromatic nitrogens is 3. The van der Waals surface area contributed by atoms with Gasteiger partial charge in [0.2, 0.25) is 17.6 Å². The highest BCUT2D eigenvalue weighted by Crippen LogP contribution is 2.16. The van der Waals surface area contributed by atoms with E-state index in [4.69, 9.17) is 9.26 Å². The van der Waals surface area contributed by atoms with Gasteiger partial charge < -0.3 is 14.6 Å². The van der Waals surface area contributed by atoms with Crippen molar-refractivity contribution in [1.82, 2.24) is 20.4 Å². The number of carbonyl (C=O) groups is 1. The lowest BCUT2D eigenvalue weighted by Gasteiger charge is -2.19. The second-order valence-corrected chi connectivity index (χ2v) is 5.66. The average molecular weight is 316 g/mol. The molecule has 1 fully saturated rings. The zero-order valence-electron chi connectivity index (χ0n) is 13.1. The smallest absolute Gasteiger partial charge is 0.227 e. The Hall–Kier alpha value is -2.28. The lowest BCUT2D eigenvalue weighted by Crippen LogP contribution is -2.40. The maximum atomic E-state index is 12.0. The van der Waals surface area contributed by atoms with Gasteiger partial charge in [-0.15, -0.1) is 0 Å². The number of hydrogen-bond acceptors (Lipinski definition) is 6. The predicted octanol–water partition coefficient (Wildman–Crippen LogP) is 1.75. The number of amides is 1. The van der Waals surface area contributed by atoms with Crippen LogP contribution < -0.4 is 5.32 Å². The second kappa shape index (κ2) is 7.32. The molecule has 2 atom stereocenters. The Kier molecular flexibility index (Phi) is 4.97. The molecule has 2 aromatic heterocycles. The summed E-state index contributed by atoms with van der Waals surface area (Å²) in [6, 6.07) is 3.70. The summed E-state index contributed by atoms with van der Waals surface area (Å²) in [6.45, 7) is 2.76. The molecule has 1 N–H and O–H groups in total. The number of nitrogens with one attached hydrogen (secondary N) is 1. The third-order valence-electron chi connectivity index (χ3n) is 3.86. The van der Waals surface area contributed by atoms with Crippen molar-refractivity contribution in [3.8, 4) is 11.4 Å². The molecule has 3 heterocycles. The number of pyridine rings is 1. The molecule has 1 aliphatic heterocycles. The Morgan fingerprint density at radius 2 is 2.43 bits per heavy atom. The largest absolute Gasteiger partial charge is 0.376 e. The molecule has 0 saturated carbocycles. The monoisotopic (exact) mass is 316 g/mol. The molecule has 1 amide bonds. The topological polar surface area (TPSA) is 90.1 Å². The van der Waals surface area contributed by atoms with Crippen LogP contribution in [0.5, 0.6) is 0 Å². The van der Waals surface area contributed by atoms with Crippen LogP contribution in [-0.2, 0) is 16.0 Å². The standard InChI is InChI=1S/C16H20N4O3/c1-11(13-5-3-9-22-13)18-14(21)6-7-15-19-16(20-23-15)12-4-2-8-17-10-12/h2,4,8,10-11,13H,3,5-7,9H2,1H3,(H,18,21)/t11-,13+/m1/s1. The number of aryl methyl sites for hydroxylation is 1. The molecule has 0 spiro atoms. The van der Waals surface area contributed by atoms with E-state index in [2.05, 4.69) is 20.4 Å². The zero-order chi connectivity index (χ0) is 16.1. The highest BCUT2D eigenvalue weighted by Gasteiger charge is 2.23. The summed E-state index contributed by atoms with van der Waals surface area (Å²) in [6.07, 6.45) is 6.26. The van der Waals surface area contributed by atoms with Gasteiger partial charge in [-0.3, -0.25) is 9.78 Å². The fourth-order valence-corrected chi connectivity index (χ4v) is 2.61. The summed E-state index contributed by atoms with van der Waals surface area (Å²) in [5.74, 6) is 0.902. The van der Waals surface area contributed by atoms with E-state index < -0.39 is 0 Å². The van der Waals surface area contributed by atoms with E-state index in [9.17, 15) is 4.79 Å². The van der Waals surface area contributed by atoms with Gasteiger partial charge in [0.25, 0.3) is 0 Å². The molecular formula is C16H20N4O3. The number of ether oxygens (including phenoxy) is 1. The normalized spacial score (nSPS) is 18.7. The van der Waals surface area contributed by atoms with E-state index in [0.717, 1.165) is 25.0 Å². The fraction of sp³-hybridized carbons (Fsp3) is 0.500. The quantitative estimate of drug-likeness (QED) is 0.873. The van der Waals surface area contributed by atoms with E-state index in [0.29, 0.717) is 24.6 Å². The summed E-state index contributed by atoms with van der Waals surface area (Å²) in [5.41, 5.74) is 0.791. The first kappa shape index (κ1) is 15.6. The molecule has 1 saturated heterocycles. The fourth-order valence-electron chi connectivity index (χ4n) is 2.61. The van der Waals surface area contributed by atoms with Crippen molar-refractivity contribution in [3.63, 3.8) is 0 Å². The van der Waals surface area contributed by atoms with Crippen LogP contribution in [0.4, 0.5) is 0 Å². The van der Waals surface area contributed by atoms with Crippen molar-refractivity contribution in [1.29, 1.82) is 0 Å². The Balaban J connectivity index is 1.48. The highest BCUT2D eigenvalue weighted by molar-refractivity contribution is 5.76. The minimum atomic E-state index is -0.0332. The molecule has 7 nitrogen and oxygen atoms in total. The van der Waals surface area contributed by atoms with Crippen LogP contribution in [0.25, 0.3) is 11.4 Å². The van der Waals surface area contributed by atoms with E-state index >= 15 is 0 Å². The van der Waals surface area contributed by atoms with Crippen LogP contribution in [0.2, 0.25) is 0 Å². The van der Waals surface area contributed by atoms with Gasteiger partial charge in [0.15, 0.2) is 0 Å². The third kappa shape index (κ3) is 4.13. The van der Waals surface area contributed by atoms with Gasteiger partial charge in [-0.25, -0.2) is 0 Å². The van der Waals surface area contributed by atoms with Crippen LogP contribution in [0.1, 0.15) is 32.1 Å². The Morgan fingerprint density at radius 3 is 3.17 bits per heavy atom. The van der Waals surface area contributed by atoms with Crippen molar-refractivity contribution in [2.24, 2.45) is 0 Å². The van der Waals surface area contributed by atoms with Gasteiger partial charge in [-0.1, -0.05) is 5.16 Å². The summed E-state index contributed by atoms with van der Waals surface area (Å²) >= 11 is 0. The summed E-state index contributed by atoms with van der Waals surface area (Å²) in [5, 5.41) is 6.88. The second-order valence-electron chi connectivity index (χ2n) is 5.66. The molecule has 7 heteroatoms. The molecule has 0 bridgehead atoms. The van der Waals surface area contributed by atoms with Crippen molar-refractivity contribution < 1.29 is 14.1 Å². The Bertz CT molecular complexity index is 638. The van der Waals surface area contributed by atoms with Crippen LogP contribution in [0.3, 0.4) is 0 Å². The van der Waals surface area contributed by atoms with Crippen LogP contribution in [0, 0.1) is 0 Å². The predicted molar refractivity (Wildman–Crippen MR) is 82.4 cm³/mol. The van der Waals surface area contributed by atoms with Crippen LogP contribution >= 0.6 is 0 Å². The summed E-state index contributed by atoms with van der Waals surface area (Å²) in [4.78, 5) is 20.3. The zero-order valence-corrected chi connectivity index (χ0v) is 13.1. The minimum absolute atomic E-state index is 0.0265. The van der Waals surface area contributed by atoms with Gasteiger partial charge in [-0.05, 0) is 31.9 Å². The van der Waals surface area contributed by atoms with E-state index in [1.54, 1.807) is 12.4 Å². The van der Waals surface area contributed by atoms with Gasteiger partial charge in [0.05, 0.1) is 12.1 Å². The first-order chi connectivity index (χ1) is 11.2. The molecule has 0 aliphatic carbocycles. The first-order valence-electron chi connectivity index (χ1n) is 7.86. The first-order valence-corrected chi connectivity index (χ1v) is 7.86. The summed E-state index contributed by atoms with van der Waals surface area (Å²) < 4.78 is 10.7. The van der Waals surface area contributed by atoms with Crippen molar-refractivity contribution in [3.05, 3.63) is 30.4 Å². The van der Waals surface area contributed by atoms with Crippen LogP contribution in [0.15, 0.2) is 29.0 Å². The SMILES string of the molecule is C[C@@H](NC(=O)CCc1nc(-c2cccnc2)no1)[C@@H]1CCCO1. The maximum absolute atomic E-state index is 12.0. The highest BCUT2D eigenvalue weighted by atomic mass is 16.5. The van der Waals surface area contributed by atoms with Gasteiger partial charge in [0, 0.05) is 37.4 Å². The van der Waals surface area contributed by atoms with E-state index in [-0.39, 0.29) is 18.1 Å². The van der Waals surface area contributed by atoms with Crippen molar-refractivity contribution >= 4 is 5.91 Å². The molecule has 0 unspecified atom stereocenters. The number of rotatable bonds is 6. The molecule has 0 radical (unpaired) electrons. The summed E-state index contributed by atoms with van der Waals surface area (Å²) in [7, 11) is 0. The van der Waals surface area contributed by atoms with Gasteiger partial charge in [-0.2, -0.15) is 4.98 Å². The molecular weight excluding hydrogens is 296 g/mol. The molecule has 2 aromatic rings. The third-order valence-corrected chi connectivity index (χ3v) is 3.86. The average Bonchev–Trinajstić information content (AvgIpc) is 3.25. The molecule has 0 aromatic carbocycles. The molecule has 3 rings (SSSR count). The lowest BCUT2D eigenvalue weighted by molar-refractivity contribution is -0.122. The number of carbonyl (C=O) groups excluding carboxylic acids is 1.